The molecule has 1 aromatic carbocycles. The fraction of sp³-hybridized carbons (Fsp3) is 0.0769. The second kappa shape index (κ2) is 5.01. The fourth-order valence-electron chi connectivity index (χ4n) is 1.65. The van der Waals surface area contributed by atoms with E-state index in [1.165, 1.54) is 0 Å². The largest absolute Gasteiger partial charge is 0.496 e. The van der Waals surface area contributed by atoms with Crippen LogP contribution in [-0.4, -0.2) is 17.2 Å². The summed E-state index contributed by atoms with van der Waals surface area (Å²) >= 11 is 3.87. The second-order valence-electron chi connectivity index (χ2n) is 3.40. The summed E-state index contributed by atoms with van der Waals surface area (Å²) in [5.41, 5.74) is 1.87. The third-order valence-electron chi connectivity index (χ3n) is 2.40. The molecule has 2 aromatic rings. The number of ether oxygens (including phenoxy) is 1. The summed E-state index contributed by atoms with van der Waals surface area (Å²) < 4.78 is 5.26. The van der Waals surface area contributed by atoms with Gasteiger partial charge in [-0.25, -0.2) is 0 Å². The lowest BCUT2D eigenvalue weighted by Gasteiger charge is -2.11. The lowest BCUT2D eigenvalue weighted by molar-refractivity contribution is 0.109. The van der Waals surface area contributed by atoms with Gasteiger partial charge in [0.1, 0.15) is 5.75 Å². The Labute approximate surface area is 105 Å². The first-order chi connectivity index (χ1) is 8.24. The Morgan fingerprint density at radius 3 is 2.65 bits per heavy atom. The number of nitrogens with zero attached hydrogens (tertiary/aromatic N) is 1. The number of methoxy groups -OCH3 is 1. The van der Waals surface area contributed by atoms with Gasteiger partial charge in [0.05, 0.1) is 18.4 Å². The third kappa shape index (κ3) is 2.31. The highest BCUT2D eigenvalue weighted by atomic mass is 32.1. The zero-order valence-electron chi connectivity index (χ0n) is 9.25. The monoisotopic (exact) mass is 245 g/mol. The lowest BCUT2D eigenvalue weighted by atomic mass is 10.0. The Bertz CT molecular complexity index is 540. The first-order valence-electron chi connectivity index (χ1n) is 5.05. The number of rotatable bonds is 3. The van der Waals surface area contributed by atoms with Gasteiger partial charge in [0.2, 0.25) is 5.12 Å². The Hall–Kier alpha value is -1.81. The predicted octanol–water partition coefficient (Wildman–Crippen LogP) is 2.83. The molecule has 0 saturated carbocycles. The summed E-state index contributed by atoms with van der Waals surface area (Å²) in [6.45, 7) is 0. The molecule has 0 unspecified atom stereocenters. The number of hydrogen-bond donors (Lipinski definition) is 1. The van der Waals surface area contributed by atoms with E-state index < -0.39 is 0 Å². The van der Waals surface area contributed by atoms with E-state index in [1.807, 2.05) is 18.2 Å². The Balaban J connectivity index is 2.69. The van der Waals surface area contributed by atoms with Gasteiger partial charge in [-0.1, -0.05) is 12.1 Å². The van der Waals surface area contributed by atoms with Crippen LogP contribution in [0.3, 0.4) is 0 Å². The van der Waals surface area contributed by atoms with Crippen molar-refractivity contribution in [2.24, 2.45) is 0 Å². The van der Waals surface area contributed by atoms with Crippen LogP contribution in [0.1, 0.15) is 10.4 Å². The minimum Gasteiger partial charge on any atom is -0.496 e. The number of carbonyl (C=O) groups excluding carboxylic acids is 1. The van der Waals surface area contributed by atoms with E-state index in [-0.39, 0.29) is 5.12 Å². The van der Waals surface area contributed by atoms with Crippen LogP contribution < -0.4 is 4.74 Å². The maximum absolute atomic E-state index is 11.5. The molecule has 0 aliphatic heterocycles. The Morgan fingerprint density at radius 2 is 2.06 bits per heavy atom. The van der Waals surface area contributed by atoms with Gasteiger partial charge in [-0.2, -0.15) is 0 Å². The molecular weight excluding hydrogens is 234 g/mol. The van der Waals surface area contributed by atoms with E-state index in [1.54, 1.807) is 31.5 Å². The molecule has 0 saturated heterocycles. The van der Waals surface area contributed by atoms with Crippen molar-refractivity contribution in [1.29, 1.82) is 0 Å². The zero-order chi connectivity index (χ0) is 12.3. The predicted molar refractivity (Wildman–Crippen MR) is 69.5 cm³/mol. The number of thiol groups is 1. The summed E-state index contributed by atoms with van der Waals surface area (Å²) in [6.07, 6.45) is 1.68. The van der Waals surface area contributed by atoms with Crippen LogP contribution >= 0.6 is 12.6 Å². The lowest BCUT2D eigenvalue weighted by Crippen LogP contribution is -1.98. The molecule has 0 radical (unpaired) electrons. The molecule has 0 aliphatic carbocycles. The molecule has 1 heterocycles. The van der Waals surface area contributed by atoms with Gasteiger partial charge in [0.15, 0.2) is 0 Å². The van der Waals surface area contributed by atoms with E-state index in [9.17, 15) is 4.79 Å². The molecule has 0 atom stereocenters. The van der Waals surface area contributed by atoms with Crippen molar-refractivity contribution in [3.8, 4) is 17.0 Å². The Morgan fingerprint density at radius 1 is 1.24 bits per heavy atom. The van der Waals surface area contributed by atoms with Crippen LogP contribution in [0.4, 0.5) is 0 Å². The van der Waals surface area contributed by atoms with Crippen LogP contribution in [0, 0.1) is 0 Å². The third-order valence-corrected chi connectivity index (χ3v) is 2.64. The first-order valence-corrected chi connectivity index (χ1v) is 5.50. The number of carbonyl (C=O) groups is 1. The maximum atomic E-state index is 11.5. The fourth-order valence-corrected chi connectivity index (χ4v) is 1.84. The quantitative estimate of drug-likeness (QED) is 0.845. The summed E-state index contributed by atoms with van der Waals surface area (Å²) in [4.78, 5) is 15.7. The van der Waals surface area contributed by atoms with Crippen molar-refractivity contribution in [3.63, 3.8) is 0 Å². The molecule has 0 fully saturated rings. The van der Waals surface area contributed by atoms with Crippen molar-refractivity contribution in [2.45, 2.75) is 0 Å². The van der Waals surface area contributed by atoms with Crippen molar-refractivity contribution >= 4 is 17.7 Å². The molecular formula is C13H11NO2S. The van der Waals surface area contributed by atoms with Gasteiger partial charge < -0.3 is 4.74 Å². The summed E-state index contributed by atoms with van der Waals surface area (Å²) in [5.74, 6) is 0.614. The molecule has 2 rings (SSSR count). The van der Waals surface area contributed by atoms with Gasteiger partial charge in [-0.05, 0) is 24.3 Å². The van der Waals surface area contributed by atoms with Gasteiger partial charge >= 0.3 is 0 Å². The molecule has 0 bridgehead atoms. The SMILES string of the molecule is COc1cccc(C(=O)S)c1-c1ccccn1. The minimum atomic E-state index is -0.301. The standard InChI is InChI=1S/C13H11NO2S/c1-16-11-7-4-5-9(13(15)17)12(11)10-6-2-3-8-14-10/h2-8H,1H3,(H,15,17). The minimum absolute atomic E-state index is 0.301. The van der Waals surface area contributed by atoms with Crippen LogP contribution in [0.15, 0.2) is 42.6 Å². The van der Waals surface area contributed by atoms with Crippen LogP contribution in [0.2, 0.25) is 0 Å². The highest BCUT2D eigenvalue weighted by Crippen LogP contribution is 2.32. The van der Waals surface area contributed by atoms with E-state index >= 15 is 0 Å². The molecule has 0 spiro atoms. The summed E-state index contributed by atoms with van der Waals surface area (Å²) in [7, 11) is 1.56. The van der Waals surface area contributed by atoms with Gasteiger partial charge in [0, 0.05) is 11.8 Å². The summed E-state index contributed by atoms with van der Waals surface area (Å²) in [6, 6.07) is 10.8. The smallest absolute Gasteiger partial charge is 0.217 e. The van der Waals surface area contributed by atoms with Gasteiger partial charge in [-0.15, -0.1) is 12.6 Å². The van der Waals surface area contributed by atoms with E-state index in [0.29, 0.717) is 22.6 Å². The highest BCUT2D eigenvalue weighted by molar-refractivity contribution is 7.97. The first kappa shape index (κ1) is 11.7. The van der Waals surface area contributed by atoms with E-state index in [4.69, 9.17) is 4.74 Å². The van der Waals surface area contributed by atoms with E-state index in [2.05, 4.69) is 17.6 Å². The molecule has 0 amide bonds. The number of pyridine rings is 1. The molecule has 0 N–H and O–H groups in total. The van der Waals surface area contributed by atoms with Gasteiger partial charge in [-0.3, -0.25) is 9.78 Å². The molecule has 3 nitrogen and oxygen atoms in total. The topological polar surface area (TPSA) is 39.2 Å². The van der Waals surface area contributed by atoms with Crippen LogP contribution in [0.5, 0.6) is 5.75 Å². The van der Waals surface area contributed by atoms with Gasteiger partial charge in [0.25, 0.3) is 0 Å². The average molecular weight is 245 g/mol. The number of benzene rings is 1. The van der Waals surface area contributed by atoms with Crippen molar-refractivity contribution in [3.05, 3.63) is 48.2 Å². The second-order valence-corrected chi connectivity index (χ2v) is 3.81. The number of aromatic nitrogens is 1. The zero-order valence-corrected chi connectivity index (χ0v) is 10.1. The van der Waals surface area contributed by atoms with E-state index in [0.717, 1.165) is 0 Å². The van der Waals surface area contributed by atoms with Crippen molar-refractivity contribution in [1.82, 2.24) is 4.98 Å². The van der Waals surface area contributed by atoms with Crippen LogP contribution in [0.25, 0.3) is 11.3 Å². The molecule has 0 aliphatic rings. The van der Waals surface area contributed by atoms with Crippen molar-refractivity contribution < 1.29 is 9.53 Å². The number of hydrogen-bond acceptors (Lipinski definition) is 3. The molecule has 86 valence electrons. The molecule has 1 aromatic heterocycles. The maximum Gasteiger partial charge on any atom is 0.217 e. The molecule has 4 heteroatoms. The average Bonchev–Trinajstić information content (AvgIpc) is 2.38. The molecule has 17 heavy (non-hydrogen) atoms. The Kier molecular flexibility index (Phi) is 3.44. The normalized spacial score (nSPS) is 10.0. The summed E-state index contributed by atoms with van der Waals surface area (Å²) in [5, 5.41) is -0.301. The van der Waals surface area contributed by atoms with Crippen molar-refractivity contribution in [2.75, 3.05) is 7.11 Å². The highest BCUT2D eigenvalue weighted by Gasteiger charge is 2.15. The van der Waals surface area contributed by atoms with Crippen LogP contribution in [-0.2, 0) is 0 Å².